The van der Waals surface area contributed by atoms with Crippen LogP contribution >= 0.6 is 0 Å². The molecule has 0 unspecified atom stereocenters. The third-order valence-electron chi connectivity index (χ3n) is 8.72. The predicted octanol–water partition coefficient (Wildman–Crippen LogP) is 10.2. The topological polar surface area (TPSA) is 12.9 Å². The Bertz CT molecular complexity index is 1990. The van der Waals surface area contributed by atoms with Crippen molar-refractivity contribution < 1.29 is 0 Å². The van der Waals surface area contributed by atoms with Gasteiger partial charge in [0.15, 0.2) is 0 Å². The van der Waals surface area contributed by atoms with E-state index < -0.39 is 0 Å². The number of rotatable bonds is 3. The maximum absolute atomic E-state index is 4.87. The molecule has 1 aromatic heterocycles. The number of nitrogens with zero attached hydrogens (tertiary/aromatic N) is 1. The second-order valence-corrected chi connectivity index (χ2v) is 10.9. The molecule has 0 aliphatic heterocycles. The van der Waals surface area contributed by atoms with Gasteiger partial charge < -0.3 is 0 Å². The fourth-order valence-corrected chi connectivity index (χ4v) is 6.91. The molecule has 1 nitrogen and oxygen atoms in total. The standard InChI is InChI=1S/C39H29N/c1-2-14-30-26(10-1)11-7-19-31(30)27-21-23-28(24-22-27)37-32-15-3-5-17-34(32)38(35-18-6-4-16-33(35)37)36-20-8-12-29-13-9-25-40-39(29)36/h1-7,9-11,13-21,23,25H,8,12,22,24H2. The zero-order chi connectivity index (χ0) is 26.5. The molecule has 0 amide bonds. The van der Waals surface area contributed by atoms with Crippen molar-refractivity contribution in [3.63, 3.8) is 0 Å². The van der Waals surface area contributed by atoms with E-state index in [-0.39, 0.29) is 0 Å². The van der Waals surface area contributed by atoms with Crippen LogP contribution < -0.4 is 0 Å². The van der Waals surface area contributed by atoms with E-state index in [0.29, 0.717) is 0 Å². The maximum Gasteiger partial charge on any atom is 0.0737 e. The lowest BCUT2D eigenvalue weighted by molar-refractivity contribution is 0.956. The Kier molecular flexibility index (Phi) is 5.48. The molecule has 8 rings (SSSR count). The predicted molar refractivity (Wildman–Crippen MR) is 170 cm³/mol. The van der Waals surface area contributed by atoms with Gasteiger partial charge in [-0.3, -0.25) is 4.98 Å². The highest BCUT2D eigenvalue weighted by Crippen LogP contribution is 2.45. The molecule has 0 N–H and O–H groups in total. The highest BCUT2D eigenvalue weighted by Gasteiger charge is 2.23. The average molecular weight is 512 g/mol. The van der Waals surface area contributed by atoms with Crippen molar-refractivity contribution in [1.82, 2.24) is 4.98 Å². The summed E-state index contributed by atoms with van der Waals surface area (Å²) in [5.41, 5.74) is 10.6. The van der Waals surface area contributed by atoms with Crippen LogP contribution in [0.3, 0.4) is 0 Å². The minimum atomic E-state index is 1.02. The van der Waals surface area contributed by atoms with E-state index in [4.69, 9.17) is 4.98 Å². The number of hydrogen-bond acceptors (Lipinski definition) is 1. The van der Waals surface area contributed by atoms with E-state index in [1.54, 1.807) is 0 Å². The van der Waals surface area contributed by atoms with E-state index in [2.05, 4.69) is 121 Å². The van der Waals surface area contributed by atoms with Gasteiger partial charge in [0.05, 0.1) is 5.69 Å². The van der Waals surface area contributed by atoms with Gasteiger partial charge in [-0.25, -0.2) is 0 Å². The minimum absolute atomic E-state index is 1.02. The number of aromatic nitrogens is 1. The molecule has 0 fully saturated rings. The lowest BCUT2D eigenvalue weighted by Crippen LogP contribution is -2.05. The molecule has 6 aromatic rings. The molecule has 5 aromatic carbocycles. The van der Waals surface area contributed by atoms with Crippen LogP contribution in [0.1, 0.15) is 47.2 Å². The second kappa shape index (κ2) is 9.47. The van der Waals surface area contributed by atoms with Crippen LogP contribution in [0.4, 0.5) is 0 Å². The molecular weight excluding hydrogens is 482 g/mol. The van der Waals surface area contributed by atoms with Crippen LogP contribution in [0.5, 0.6) is 0 Å². The van der Waals surface area contributed by atoms with Gasteiger partial charge >= 0.3 is 0 Å². The molecule has 2 aliphatic carbocycles. The molecule has 190 valence electrons. The Morgan fingerprint density at radius 3 is 1.85 bits per heavy atom. The first-order valence-corrected chi connectivity index (χ1v) is 14.3. The van der Waals surface area contributed by atoms with Crippen molar-refractivity contribution in [1.29, 1.82) is 0 Å². The first-order chi connectivity index (χ1) is 19.9. The summed E-state index contributed by atoms with van der Waals surface area (Å²) in [6.07, 6.45) is 13.2. The van der Waals surface area contributed by atoms with Crippen LogP contribution in [0, 0.1) is 0 Å². The largest absolute Gasteiger partial charge is 0.256 e. The average Bonchev–Trinajstić information content (AvgIpc) is 3.03. The van der Waals surface area contributed by atoms with Gasteiger partial charge in [0.2, 0.25) is 0 Å². The summed E-state index contributed by atoms with van der Waals surface area (Å²) in [5, 5.41) is 7.91. The van der Waals surface area contributed by atoms with Crippen LogP contribution in [0.25, 0.3) is 49.0 Å². The molecule has 0 bridgehead atoms. The summed E-state index contributed by atoms with van der Waals surface area (Å²) >= 11 is 0. The summed E-state index contributed by atoms with van der Waals surface area (Å²) in [6.45, 7) is 0. The quantitative estimate of drug-likeness (QED) is 0.215. The molecule has 0 saturated heterocycles. The first kappa shape index (κ1) is 23.2. The first-order valence-electron chi connectivity index (χ1n) is 14.3. The SMILES string of the molecule is C1=C(c2cccc3ccccc23)CCC(c2c3ccccc3c(C3=CCCc4cccnc43)c3ccccc23)=C1. The molecule has 2 aliphatic rings. The van der Waals surface area contributed by atoms with Gasteiger partial charge in [0.25, 0.3) is 0 Å². The zero-order valence-electron chi connectivity index (χ0n) is 22.4. The van der Waals surface area contributed by atoms with Crippen molar-refractivity contribution in [2.24, 2.45) is 0 Å². The molecular formula is C39H29N. The molecule has 0 atom stereocenters. The third kappa shape index (κ3) is 3.66. The second-order valence-electron chi connectivity index (χ2n) is 10.9. The molecule has 0 spiro atoms. The molecule has 1 heterocycles. The smallest absolute Gasteiger partial charge is 0.0737 e. The lowest BCUT2D eigenvalue weighted by Gasteiger charge is -2.24. The fraction of sp³-hybridized carbons (Fsp3) is 0.103. The zero-order valence-corrected chi connectivity index (χ0v) is 22.4. The van der Waals surface area contributed by atoms with Gasteiger partial charge in [-0.2, -0.15) is 0 Å². The van der Waals surface area contributed by atoms with Crippen molar-refractivity contribution in [2.45, 2.75) is 25.7 Å². The van der Waals surface area contributed by atoms with E-state index in [1.807, 2.05) is 6.20 Å². The van der Waals surface area contributed by atoms with E-state index in [0.717, 1.165) is 31.4 Å². The highest BCUT2D eigenvalue weighted by atomic mass is 14.7. The Morgan fingerprint density at radius 1 is 0.500 bits per heavy atom. The van der Waals surface area contributed by atoms with Crippen LogP contribution in [0.2, 0.25) is 0 Å². The van der Waals surface area contributed by atoms with Gasteiger partial charge in [-0.1, -0.05) is 115 Å². The third-order valence-corrected chi connectivity index (χ3v) is 8.72. The summed E-state index contributed by atoms with van der Waals surface area (Å²) in [4.78, 5) is 4.87. The molecule has 0 radical (unpaired) electrons. The number of aryl methyl sites for hydroxylation is 1. The van der Waals surface area contributed by atoms with Gasteiger partial charge in [0, 0.05) is 11.8 Å². The molecule has 1 heteroatoms. The number of hydrogen-bond donors (Lipinski definition) is 0. The number of allylic oxidation sites excluding steroid dienone is 5. The molecule has 40 heavy (non-hydrogen) atoms. The van der Waals surface area contributed by atoms with Gasteiger partial charge in [0.1, 0.15) is 0 Å². The Balaban J connectivity index is 1.35. The highest BCUT2D eigenvalue weighted by molar-refractivity contribution is 6.17. The van der Waals surface area contributed by atoms with Crippen LogP contribution in [0.15, 0.2) is 128 Å². The molecule has 0 saturated carbocycles. The Hall–Kier alpha value is -4.75. The number of fused-ring (bicyclic) bond motifs is 4. The fourth-order valence-electron chi connectivity index (χ4n) is 6.91. The number of pyridine rings is 1. The normalized spacial score (nSPS) is 15.1. The summed E-state index contributed by atoms with van der Waals surface area (Å²) in [5.74, 6) is 0. The minimum Gasteiger partial charge on any atom is -0.256 e. The van der Waals surface area contributed by atoms with Crippen molar-refractivity contribution in [3.05, 3.63) is 156 Å². The monoisotopic (exact) mass is 511 g/mol. The summed E-state index contributed by atoms with van der Waals surface area (Å²) in [6, 6.07) is 37.7. The Morgan fingerprint density at radius 2 is 1.12 bits per heavy atom. The van der Waals surface area contributed by atoms with E-state index >= 15 is 0 Å². The van der Waals surface area contributed by atoms with Crippen LogP contribution in [-0.2, 0) is 6.42 Å². The van der Waals surface area contributed by atoms with Crippen molar-refractivity contribution >= 4 is 49.0 Å². The van der Waals surface area contributed by atoms with Crippen molar-refractivity contribution in [3.8, 4) is 0 Å². The summed E-state index contributed by atoms with van der Waals surface area (Å²) < 4.78 is 0. The van der Waals surface area contributed by atoms with Crippen molar-refractivity contribution in [2.75, 3.05) is 0 Å². The maximum atomic E-state index is 4.87. The lowest BCUT2D eigenvalue weighted by atomic mass is 9.80. The van der Waals surface area contributed by atoms with Gasteiger partial charge in [-0.15, -0.1) is 0 Å². The van der Waals surface area contributed by atoms with Crippen LogP contribution in [-0.4, -0.2) is 4.98 Å². The van der Waals surface area contributed by atoms with Gasteiger partial charge in [-0.05, 0) is 97.5 Å². The Labute approximate surface area is 234 Å². The van der Waals surface area contributed by atoms with E-state index in [1.165, 1.54) is 71.3 Å². The number of benzene rings is 5. The van der Waals surface area contributed by atoms with E-state index in [9.17, 15) is 0 Å². The summed E-state index contributed by atoms with van der Waals surface area (Å²) in [7, 11) is 0.